The Morgan fingerprint density at radius 3 is 2.48 bits per heavy atom. The molecule has 112 valence electrons. The molecule has 3 heteroatoms. The Hall–Kier alpha value is -1.87. The van der Waals surface area contributed by atoms with E-state index in [0.29, 0.717) is 5.88 Å². The van der Waals surface area contributed by atoms with Gasteiger partial charge in [-0.25, -0.2) is 4.98 Å². The number of hydrogen-bond donors (Lipinski definition) is 1. The Bertz CT molecular complexity index is 588. The molecule has 0 atom stereocenters. The lowest BCUT2D eigenvalue weighted by Crippen LogP contribution is -2.35. The number of para-hydroxylation sites is 1. The van der Waals surface area contributed by atoms with E-state index in [4.69, 9.17) is 4.74 Å². The molecule has 2 aromatic rings. The first-order chi connectivity index (χ1) is 9.99. The number of pyridine rings is 1. The molecule has 1 aromatic heterocycles. The zero-order chi connectivity index (χ0) is 15.3. The van der Waals surface area contributed by atoms with Crippen LogP contribution in [0.1, 0.15) is 38.8 Å². The van der Waals surface area contributed by atoms with Gasteiger partial charge in [0.25, 0.3) is 0 Å². The molecule has 1 heterocycles. The molecule has 0 fully saturated rings. The summed E-state index contributed by atoms with van der Waals surface area (Å²) in [7, 11) is 0. The molecular formula is C18H24N2O. The lowest BCUT2D eigenvalue weighted by Gasteiger charge is -2.21. The zero-order valence-corrected chi connectivity index (χ0v) is 13.3. The van der Waals surface area contributed by atoms with E-state index < -0.39 is 0 Å². The van der Waals surface area contributed by atoms with Crippen molar-refractivity contribution in [1.29, 1.82) is 0 Å². The van der Waals surface area contributed by atoms with Gasteiger partial charge < -0.3 is 10.1 Å². The van der Waals surface area contributed by atoms with E-state index in [9.17, 15) is 0 Å². The third-order valence-electron chi connectivity index (χ3n) is 3.22. The molecular weight excluding hydrogens is 260 g/mol. The fraction of sp³-hybridized carbons (Fsp3) is 0.389. The van der Waals surface area contributed by atoms with E-state index in [1.54, 1.807) is 6.20 Å². The highest BCUT2D eigenvalue weighted by molar-refractivity contribution is 5.38. The van der Waals surface area contributed by atoms with Gasteiger partial charge in [-0.15, -0.1) is 0 Å². The van der Waals surface area contributed by atoms with Crippen LogP contribution in [0, 0.1) is 0 Å². The second-order valence-corrected chi connectivity index (χ2v) is 6.13. The van der Waals surface area contributed by atoms with Gasteiger partial charge in [-0.2, -0.15) is 0 Å². The van der Waals surface area contributed by atoms with Gasteiger partial charge in [0.1, 0.15) is 5.75 Å². The van der Waals surface area contributed by atoms with E-state index in [-0.39, 0.29) is 5.54 Å². The largest absolute Gasteiger partial charge is 0.438 e. The minimum Gasteiger partial charge on any atom is -0.438 e. The highest BCUT2D eigenvalue weighted by Gasteiger charge is 2.12. The molecule has 0 aliphatic heterocycles. The number of nitrogens with one attached hydrogen (secondary N) is 1. The molecule has 0 bridgehead atoms. The first-order valence-corrected chi connectivity index (χ1v) is 7.44. The molecule has 0 saturated carbocycles. The normalized spacial score (nSPS) is 11.4. The lowest BCUT2D eigenvalue weighted by atomic mass is 10.1. The lowest BCUT2D eigenvalue weighted by molar-refractivity contribution is 0.408. The highest BCUT2D eigenvalue weighted by Crippen LogP contribution is 2.26. The molecule has 0 spiro atoms. The molecule has 0 amide bonds. The Kier molecular flexibility index (Phi) is 4.97. The molecule has 0 unspecified atom stereocenters. The van der Waals surface area contributed by atoms with Crippen molar-refractivity contribution < 1.29 is 4.74 Å². The summed E-state index contributed by atoms with van der Waals surface area (Å²) in [6.07, 6.45) is 2.71. The summed E-state index contributed by atoms with van der Waals surface area (Å²) in [6, 6.07) is 12.1. The van der Waals surface area contributed by atoms with Crippen LogP contribution in [0.3, 0.4) is 0 Å². The number of ether oxygens (including phenoxy) is 1. The van der Waals surface area contributed by atoms with Crippen LogP contribution >= 0.6 is 0 Å². The number of rotatable bonds is 5. The molecule has 0 radical (unpaired) electrons. The monoisotopic (exact) mass is 284 g/mol. The summed E-state index contributed by atoms with van der Waals surface area (Å²) >= 11 is 0. The van der Waals surface area contributed by atoms with Crippen molar-refractivity contribution in [2.75, 3.05) is 0 Å². The Labute approximate surface area is 127 Å². The fourth-order valence-electron chi connectivity index (χ4n) is 2.01. The van der Waals surface area contributed by atoms with E-state index in [2.05, 4.69) is 50.1 Å². The van der Waals surface area contributed by atoms with E-state index in [0.717, 1.165) is 24.3 Å². The molecule has 0 saturated heterocycles. The van der Waals surface area contributed by atoms with Gasteiger partial charge in [0, 0.05) is 23.8 Å². The van der Waals surface area contributed by atoms with Gasteiger partial charge in [-0.3, -0.25) is 0 Å². The number of aryl methyl sites for hydroxylation is 1. The maximum absolute atomic E-state index is 6.05. The number of hydrogen-bond acceptors (Lipinski definition) is 3. The quantitative estimate of drug-likeness (QED) is 0.887. The molecule has 1 N–H and O–H groups in total. The molecule has 0 aliphatic carbocycles. The molecule has 2 rings (SSSR count). The van der Waals surface area contributed by atoms with E-state index >= 15 is 0 Å². The first-order valence-electron chi connectivity index (χ1n) is 7.44. The zero-order valence-electron chi connectivity index (χ0n) is 13.3. The predicted molar refractivity (Wildman–Crippen MR) is 86.7 cm³/mol. The number of aromatic nitrogens is 1. The SMILES string of the molecule is CCc1ccccc1Oc1ncccc1CNC(C)(C)C. The van der Waals surface area contributed by atoms with Gasteiger partial charge in [0.05, 0.1) is 0 Å². The van der Waals surface area contributed by atoms with Crippen LogP contribution in [-0.4, -0.2) is 10.5 Å². The van der Waals surface area contributed by atoms with Crippen LogP contribution in [0.15, 0.2) is 42.6 Å². The van der Waals surface area contributed by atoms with Crippen molar-refractivity contribution >= 4 is 0 Å². The fourth-order valence-corrected chi connectivity index (χ4v) is 2.01. The summed E-state index contributed by atoms with van der Waals surface area (Å²) in [4.78, 5) is 4.39. The average molecular weight is 284 g/mol. The summed E-state index contributed by atoms with van der Waals surface area (Å²) in [5, 5.41) is 3.47. The van der Waals surface area contributed by atoms with Gasteiger partial charge >= 0.3 is 0 Å². The molecule has 3 nitrogen and oxygen atoms in total. The van der Waals surface area contributed by atoms with Crippen LogP contribution in [0.4, 0.5) is 0 Å². The van der Waals surface area contributed by atoms with Crippen LogP contribution < -0.4 is 10.1 Å². The summed E-state index contributed by atoms with van der Waals surface area (Å²) in [6.45, 7) is 9.31. The molecule has 0 aliphatic rings. The summed E-state index contributed by atoms with van der Waals surface area (Å²) in [5.41, 5.74) is 2.32. The predicted octanol–water partition coefficient (Wildman–Crippen LogP) is 4.32. The van der Waals surface area contributed by atoms with Crippen molar-refractivity contribution in [3.8, 4) is 11.6 Å². The first kappa shape index (κ1) is 15.5. The van der Waals surface area contributed by atoms with Crippen molar-refractivity contribution in [1.82, 2.24) is 10.3 Å². The van der Waals surface area contributed by atoms with Crippen LogP contribution in [0.2, 0.25) is 0 Å². The molecule has 21 heavy (non-hydrogen) atoms. The van der Waals surface area contributed by atoms with Crippen molar-refractivity contribution in [2.45, 2.75) is 46.2 Å². The minimum absolute atomic E-state index is 0.0639. The minimum atomic E-state index is 0.0639. The van der Waals surface area contributed by atoms with E-state index in [1.807, 2.05) is 24.3 Å². The smallest absolute Gasteiger partial charge is 0.223 e. The van der Waals surface area contributed by atoms with Gasteiger partial charge in [-0.05, 0) is 44.9 Å². The van der Waals surface area contributed by atoms with Crippen LogP contribution in [-0.2, 0) is 13.0 Å². The van der Waals surface area contributed by atoms with E-state index in [1.165, 1.54) is 5.56 Å². The number of benzene rings is 1. The maximum Gasteiger partial charge on any atom is 0.223 e. The van der Waals surface area contributed by atoms with Crippen LogP contribution in [0.25, 0.3) is 0 Å². The Morgan fingerprint density at radius 1 is 1.05 bits per heavy atom. The van der Waals surface area contributed by atoms with Gasteiger partial charge in [0.15, 0.2) is 0 Å². The third kappa shape index (κ3) is 4.57. The second-order valence-electron chi connectivity index (χ2n) is 6.13. The standard InChI is InChI=1S/C18H24N2O/c1-5-14-9-6-7-11-16(14)21-17-15(10-8-12-19-17)13-20-18(2,3)4/h6-12,20H,5,13H2,1-4H3. The average Bonchev–Trinajstić information content (AvgIpc) is 2.46. The van der Waals surface area contributed by atoms with Crippen LogP contribution in [0.5, 0.6) is 11.6 Å². The highest BCUT2D eigenvalue weighted by atomic mass is 16.5. The maximum atomic E-state index is 6.05. The van der Waals surface area contributed by atoms with Gasteiger partial charge in [-0.1, -0.05) is 31.2 Å². The summed E-state index contributed by atoms with van der Waals surface area (Å²) in [5.74, 6) is 1.56. The topological polar surface area (TPSA) is 34.1 Å². The van der Waals surface area contributed by atoms with Crippen molar-refractivity contribution in [2.24, 2.45) is 0 Å². The Balaban J connectivity index is 2.20. The second kappa shape index (κ2) is 6.72. The van der Waals surface area contributed by atoms with Crippen molar-refractivity contribution in [3.63, 3.8) is 0 Å². The Morgan fingerprint density at radius 2 is 1.76 bits per heavy atom. The number of nitrogens with zero attached hydrogens (tertiary/aromatic N) is 1. The summed E-state index contributed by atoms with van der Waals surface area (Å²) < 4.78 is 6.05. The third-order valence-corrected chi connectivity index (χ3v) is 3.22. The van der Waals surface area contributed by atoms with Crippen molar-refractivity contribution in [3.05, 3.63) is 53.7 Å². The molecule has 1 aromatic carbocycles. The van der Waals surface area contributed by atoms with Gasteiger partial charge in [0.2, 0.25) is 5.88 Å².